The lowest BCUT2D eigenvalue weighted by Gasteiger charge is -2.24. The normalized spacial score (nSPS) is 11.8. The maximum Gasteiger partial charge on any atom is 0.262 e. The predicted molar refractivity (Wildman–Crippen MR) is 133 cm³/mol. The second-order valence-corrected chi connectivity index (χ2v) is 8.66. The van der Waals surface area contributed by atoms with Gasteiger partial charge in [-0.3, -0.25) is 9.59 Å². The minimum Gasteiger partial charge on any atom is -0.371 e. The van der Waals surface area contributed by atoms with Crippen molar-refractivity contribution in [2.45, 2.75) is 109 Å². The van der Waals surface area contributed by atoms with Crippen LogP contribution in [-0.2, 0) is 9.59 Å². The molecule has 0 rings (SSSR count). The van der Waals surface area contributed by atoms with Crippen molar-refractivity contribution in [3.63, 3.8) is 0 Å². The van der Waals surface area contributed by atoms with E-state index < -0.39 is 17.4 Å². The first kappa shape index (κ1) is 30.6. The molecule has 2 amide bonds. The van der Waals surface area contributed by atoms with Crippen molar-refractivity contribution < 1.29 is 14.7 Å². The van der Waals surface area contributed by atoms with Gasteiger partial charge < -0.3 is 27.2 Å². The number of nitrogens with two attached hydrogens (primary N) is 2. The van der Waals surface area contributed by atoms with Gasteiger partial charge in [-0.1, -0.05) is 96.1 Å². The van der Waals surface area contributed by atoms with E-state index in [-0.39, 0.29) is 32.6 Å². The number of hydrogen-bond acceptors (Lipinski definition) is 5. The number of carbonyl (C=O) groups is 2. The minimum atomic E-state index is -2.14. The van der Waals surface area contributed by atoms with Crippen LogP contribution in [0, 0.1) is 0 Å². The summed E-state index contributed by atoms with van der Waals surface area (Å²) in [6.45, 7) is 3.14. The Morgan fingerprint density at radius 3 is 1.53 bits per heavy atom. The molecule has 0 aromatic rings. The fraction of sp³-hybridized carbons (Fsp3) is 0.840. The molecule has 7 heteroatoms. The lowest BCUT2D eigenvalue weighted by atomic mass is 9.96. The lowest BCUT2D eigenvalue weighted by Crippen LogP contribution is -2.58. The highest BCUT2D eigenvalue weighted by atomic mass is 16.3. The molecule has 0 radical (unpaired) electrons. The van der Waals surface area contributed by atoms with E-state index in [1.807, 2.05) is 6.08 Å². The van der Waals surface area contributed by atoms with Crippen molar-refractivity contribution in [2.75, 3.05) is 26.2 Å². The molecular weight excluding hydrogens is 404 g/mol. The molecule has 0 aliphatic heterocycles. The van der Waals surface area contributed by atoms with Crippen LogP contribution in [0.4, 0.5) is 0 Å². The quantitative estimate of drug-likeness (QED) is 0.0973. The van der Waals surface area contributed by atoms with E-state index in [9.17, 15) is 14.7 Å². The summed E-state index contributed by atoms with van der Waals surface area (Å²) in [6.07, 6.45) is 21.6. The molecule has 7 nitrogen and oxygen atoms in total. The van der Waals surface area contributed by atoms with Crippen molar-refractivity contribution in [2.24, 2.45) is 11.5 Å². The van der Waals surface area contributed by atoms with Crippen molar-refractivity contribution in [1.29, 1.82) is 0 Å². The van der Waals surface area contributed by atoms with Gasteiger partial charge in [0.1, 0.15) is 0 Å². The molecule has 0 aromatic carbocycles. The third kappa shape index (κ3) is 15.4. The number of nitrogens with one attached hydrogen (secondary N) is 2. The summed E-state index contributed by atoms with van der Waals surface area (Å²) in [6, 6.07) is 0. The second kappa shape index (κ2) is 21.4. The maximum absolute atomic E-state index is 12.3. The van der Waals surface area contributed by atoms with Gasteiger partial charge in [-0.05, 0) is 12.8 Å². The first-order chi connectivity index (χ1) is 15.5. The van der Waals surface area contributed by atoms with E-state index >= 15 is 0 Å². The van der Waals surface area contributed by atoms with E-state index in [2.05, 4.69) is 17.6 Å². The Bertz CT molecular complexity index is 478. The zero-order valence-electron chi connectivity index (χ0n) is 20.5. The maximum atomic E-state index is 12.3. The average molecular weight is 455 g/mol. The van der Waals surface area contributed by atoms with Gasteiger partial charge in [0.05, 0.1) is 0 Å². The first-order valence-corrected chi connectivity index (χ1v) is 12.9. The summed E-state index contributed by atoms with van der Waals surface area (Å²) < 4.78 is 0. The van der Waals surface area contributed by atoms with Crippen molar-refractivity contribution in [3.8, 4) is 0 Å². The van der Waals surface area contributed by atoms with Crippen molar-refractivity contribution in [3.05, 3.63) is 12.2 Å². The number of hydrogen-bond donors (Lipinski definition) is 5. The Morgan fingerprint density at radius 1 is 0.719 bits per heavy atom. The van der Waals surface area contributed by atoms with Crippen LogP contribution >= 0.6 is 0 Å². The molecule has 0 heterocycles. The predicted octanol–water partition coefficient (Wildman–Crippen LogP) is 3.29. The Hall–Kier alpha value is -1.44. The second-order valence-electron chi connectivity index (χ2n) is 8.66. The Morgan fingerprint density at radius 2 is 1.12 bits per heavy atom. The van der Waals surface area contributed by atoms with Crippen LogP contribution in [0.25, 0.3) is 0 Å². The van der Waals surface area contributed by atoms with Crippen LogP contribution in [0.15, 0.2) is 12.2 Å². The molecule has 0 unspecified atom stereocenters. The van der Waals surface area contributed by atoms with Gasteiger partial charge in [0.2, 0.25) is 5.60 Å². The van der Waals surface area contributed by atoms with Crippen molar-refractivity contribution >= 4 is 11.8 Å². The van der Waals surface area contributed by atoms with Gasteiger partial charge in [-0.25, -0.2) is 0 Å². The van der Waals surface area contributed by atoms with Crippen molar-refractivity contribution in [1.82, 2.24) is 10.6 Å². The van der Waals surface area contributed by atoms with E-state index in [4.69, 9.17) is 11.5 Å². The largest absolute Gasteiger partial charge is 0.371 e. The number of aliphatic hydroxyl groups is 1. The zero-order chi connectivity index (χ0) is 23.9. The van der Waals surface area contributed by atoms with Crippen LogP contribution in [0.2, 0.25) is 0 Å². The summed E-state index contributed by atoms with van der Waals surface area (Å²) in [5, 5.41) is 15.6. The Kier molecular flexibility index (Phi) is 20.4. The summed E-state index contributed by atoms with van der Waals surface area (Å²) in [5.41, 5.74) is 8.64. The van der Waals surface area contributed by atoms with Gasteiger partial charge in [-0.15, -0.1) is 0 Å². The molecule has 0 saturated carbocycles. The van der Waals surface area contributed by atoms with Crippen LogP contribution in [0.1, 0.15) is 103 Å². The molecule has 0 aliphatic carbocycles. The molecule has 32 heavy (non-hydrogen) atoms. The SMILES string of the molecule is CCCCCCCCCCCCCCC/C=C/CC(O)(C(=O)NCCN)C(=O)NCCN. The van der Waals surface area contributed by atoms with Crippen LogP contribution < -0.4 is 22.1 Å². The van der Waals surface area contributed by atoms with Gasteiger partial charge in [-0.2, -0.15) is 0 Å². The van der Waals surface area contributed by atoms with Crippen LogP contribution in [-0.4, -0.2) is 48.7 Å². The van der Waals surface area contributed by atoms with E-state index in [0.717, 1.165) is 12.8 Å². The smallest absolute Gasteiger partial charge is 0.262 e. The summed E-state index contributed by atoms with van der Waals surface area (Å²) in [7, 11) is 0. The van der Waals surface area contributed by atoms with Gasteiger partial charge in [0.25, 0.3) is 11.8 Å². The van der Waals surface area contributed by atoms with E-state index in [0.29, 0.717) is 0 Å². The fourth-order valence-electron chi connectivity index (χ4n) is 3.60. The topological polar surface area (TPSA) is 130 Å². The molecule has 0 spiro atoms. The third-order valence-corrected chi connectivity index (χ3v) is 5.67. The Labute approximate surface area is 196 Å². The number of amides is 2. The summed E-state index contributed by atoms with van der Waals surface area (Å²) in [4.78, 5) is 24.6. The Balaban J connectivity index is 3.95. The summed E-state index contributed by atoms with van der Waals surface area (Å²) in [5.74, 6) is -1.47. The van der Waals surface area contributed by atoms with Gasteiger partial charge in [0.15, 0.2) is 0 Å². The molecule has 7 N–H and O–H groups in total. The van der Waals surface area contributed by atoms with Gasteiger partial charge in [0, 0.05) is 32.6 Å². The molecule has 0 bridgehead atoms. The van der Waals surface area contributed by atoms with Crippen LogP contribution in [0.3, 0.4) is 0 Å². The molecule has 0 aliphatic rings. The standard InChI is InChI=1S/C25H50N4O3/c1-2-3-4-5-6-7-8-9-10-11-12-13-14-15-16-17-18-25(32,23(30)28-21-19-26)24(31)29-22-20-27/h16-17,32H,2-15,18-22,26-27H2,1H3,(H,28,30)(H,29,31)/b17-16+. The van der Waals surface area contributed by atoms with E-state index in [1.54, 1.807) is 6.08 Å². The lowest BCUT2D eigenvalue weighted by molar-refractivity contribution is -0.153. The molecule has 0 fully saturated rings. The first-order valence-electron chi connectivity index (χ1n) is 12.9. The third-order valence-electron chi connectivity index (χ3n) is 5.67. The fourth-order valence-corrected chi connectivity index (χ4v) is 3.60. The molecule has 0 aromatic heterocycles. The van der Waals surface area contributed by atoms with E-state index in [1.165, 1.54) is 77.0 Å². The molecular formula is C25H50N4O3. The highest BCUT2D eigenvalue weighted by Crippen LogP contribution is 2.15. The number of carbonyl (C=O) groups excluding carboxylic acids is 2. The highest BCUT2D eigenvalue weighted by molar-refractivity contribution is 6.08. The summed E-state index contributed by atoms with van der Waals surface area (Å²) >= 11 is 0. The number of unbranched alkanes of at least 4 members (excludes halogenated alkanes) is 13. The van der Waals surface area contributed by atoms with Crippen LogP contribution in [0.5, 0.6) is 0 Å². The molecule has 188 valence electrons. The minimum absolute atomic E-state index is 0.0712. The molecule has 0 saturated heterocycles. The number of allylic oxidation sites excluding steroid dienone is 1. The highest BCUT2D eigenvalue weighted by Gasteiger charge is 2.42. The zero-order valence-corrected chi connectivity index (χ0v) is 20.5. The average Bonchev–Trinajstić information content (AvgIpc) is 2.80. The monoisotopic (exact) mass is 454 g/mol. The molecule has 0 atom stereocenters. The number of rotatable bonds is 22. The van der Waals surface area contributed by atoms with Gasteiger partial charge >= 0.3 is 0 Å².